The van der Waals surface area contributed by atoms with Crippen LogP contribution in [0.3, 0.4) is 0 Å². The summed E-state index contributed by atoms with van der Waals surface area (Å²) in [6.07, 6.45) is 9.51. The lowest BCUT2D eigenvalue weighted by atomic mass is 9.82. The molecule has 19 heavy (non-hydrogen) atoms. The number of aromatic nitrogens is 1. The summed E-state index contributed by atoms with van der Waals surface area (Å²) < 4.78 is 0. The van der Waals surface area contributed by atoms with Gasteiger partial charge in [-0.15, -0.1) is 0 Å². The smallest absolute Gasteiger partial charge is 0.0270 e. The van der Waals surface area contributed by atoms with Gasteiger partial charge in [0, 0.05) is 18.4 Å². The zero-order valence-corrected chi connectivity index (χ0v) is 12.2. The topological polar surface area (TPSA) is 24.9 Å². The van der Waals surface area contributed by atoms with Crippen molar-refractivity contribution in [1.29, 1.82) is 0 Å². The number of hydrogen-bond donors (Lipinski definition) is 1. The predicted molar refractivity (Wildman–Crippen MR) is 79.1 cm³/mol. The van der Waals surface area contributed by atoms with E-state index in [1.807, 2.05) is 12.4 Å². The third-order valence-corrected chi connectivity index (χ3v) is 5.19. The molecule has 2 nitrogen and oxygen atoms in total. The van der Waals surface area contributed by atoms with Crippen molar-refractivity contribution in [3.8, 4) is 0 Å². The lowest BCUT2D eigenvalue weighted by molar-refractivity contribution is 0.300. The molecule has 104 valence electrons. The maximum absolute atomic E-state index is 4.15. The van der Waals surface area contributed by atoms with Crippen molar-refractivity contribution in [3.05, 3.63) is 30.1 Å². The molecule has 0 bridgehead atoms. The molecule has 3 rings (SSSR count). The standard InChI is InChI=1S/C17H26N2/c1-3-6-19-17(16-10-14-9-15(14)11-16)12(2)13-4-7-18-8-5-13/h4-5,7-8,12,14-17,19H,3,6,9-11H2,1-2H3. The monoisotopic (exact) mass is 258 g/mol. The Labute approximate surface area is 117 Å². The first-order valence-electron chi connectivity index (χ1n) is 7.93. The van der Waals surface area contributed by atoms with Crippen LogP contribution < -0.4 is 5.32 Å². The second-order valence-electron chi connectivity index (χ2n) is 6.54. The molecule has 4 atom stereocenters. The van der Waals surface area contributed by atoms with Gasteiger partial charge < -0.3 is 5.32 Å². The van der Waals surface area contributed by atoms with Crippen LogP contribution in [0.25, 0.3) is 0 Å². The van der Waals surface area contributed by atoms with Crippen molar-refractivity contribution in [2.24, 2.45) is 17.8 Å². The summed E-state index contributed by atoms with van der Waals surface area (Å²) in [5.74, 6) is 3.62. The molecule has 0 amide bonds. The fourth-order valence-electron chi connectivity index (χ4n) is 3.99. The number of hydrogen-bond acceptors (Lipinski definition) is 2. The zero-order valence-electron chi connectivity index (χ0n) is 12.2. The van der Waals surface area contributed by atoms with Crippen molar-refractivity contribution in [1.82, 2.24) is 10.3 Å². The summed E-state index contributed by atoms with van der Waals surface area (Å²) in [6.45, 7) is 5.78. The Kier molecular flexibility index (Phi) is 3.88. The number of nitrogens with one attached hydrogen (secondary N) is 1. The van der Waals surface area contributed by atoms with E-state index in [1.54, 1.807) is 0 Å². The van der Waals surface area contributed by atoms with Gasteiger partial charge in [0.25, 0.3) is 0 Å². The Morgan fingerprint density at radius 2 is 1.89 bits per heavy atom. The number of rotatable bonds is 6. The van der Waals surface area contributed by atoms with Gasteiger partial charge in [0.05, 0.1) is 0 Å². The molecule has 2 aliphatic rings. The van der Waals surface area contributed by atoms with Crippen LogP contribution in [-0.4, -0.2) is 17.6 Å². The molecule has 0 aromatic carbocycles. The van der Waals surface area contributed by atoms with Crippen LogP contribution in [0.4, 0.5) is 0 Å². The van der Waals surface area contributed by atoms with Gasteiger partial charge >= 0.3 is 0 Å². The van der Waals surface area contributed by atoms with E-state index < -0.39 is 0 Å². The molecule has 1 N–H and O–H groups in total. The second kappa shape index (κ2) is 5.62. The lowest BCUT2D eigenvalue weighted by Gasteiger charge is -2.31. The molecule has 0 spiro atoms. The molecule has 4 unspecified atom stereocenters. The van der Waals surface area contributed by atoms with Crippen molar-refractivity contribution < 1.29 is 0 Å². The highest BCUT2D eigenvalue weighted by Crippen LogP contribution is 2.56. The van der Waals surface area contributed by atoms with Crippen LogP contribution in [-0.2, 0) is 0 Å². The number of pyridine rings is 1. The Hall–Kier alpha value is -0.890. The maximum atomic E-state index is 4.15. The van der Waals surface area contributed by atoms with E-state index in [4.69, 9.17) is 0 Å². The summed E-state index contributed by atoms with van der Waals surface area (Å²) in [4.78, 5) is 4.15. The van der Waals surface area contributed by atoms with Crippen LogP contribution in [0.2, 0.25) is 0 Å². The largest absolute Gasteiger partial charge is 0.313 e. The summed E-state index contributed by atoms with van der Waals surface area (Å²) in [5.41, 5.74) is 1.43. The van der Waals surface area contributed by atoms with E-state index in [9.17, 15) is 0 Å². The van der Waals surface area contributed by atoms with E-state index in [0.717, 1.165) is 24.3 Å². The molecule has 1 aromatic rings. The van der Waals surface area contributed by atoms with E-state index in [-0.39, 0.29) is 0 Å². The molecule has 0 saturated heterocycles. The zero-order chi connectivity index (χ0) is 13.2. The third-order valence-electron chi connectivity index (χ3n) is 5.19. The Morgan fingerprint density at radius 3 is 2.53 bits per heavy atom. The van der Waals surface area contributed by atoms with E-state index in [0.29, 0.717) is 12.0 Å². The van der Waals surface area contributed by atoms with Gasteiger partial charge in [-0.25, -0.2) is 0 Å². The first-order valence-corrected chi connectivity index (χ1v) is 7.93. The minimum Gasteiger partial charge on any atom is -0.313 e. The van der Waals surface area contributed by atoms with Crippen LogP contribution in [0.15, 0.2) is 24.5 Å². The average Bonchev–Trinajstić information content (AvgIpc) is 3.07. The van der Waals surface area contributed by atoms with Gasteiger partial charge in [-0.2, -0.15) is 0 Å². The summed E-state index contributed by atoms with van der Waals surface area (Å²) >= 11 is 0. The first-order chi connectivity index (χ1) is 9.29. The fourth-order valence-corrected chi connectivity index (χ4v) is 3.99. The van der Waals surface area contributed by atoms with Crippen LogP contribution in [0.1, 0.15) is 51.0 Å². The summed E-state index contributed by atoms with van der Waals surface area (Å²) in [7, 11) is 0. The van der Waals surface area contributed by atoms with Crippen LogP contribution in [0.5, 0.6) is 0 Å². The SMILES string of the molecule is CCCNC(C1CC2CC2C1)C(C)c1ccncc1. The Bertz CT molecular complexity index is 393. The maximum Gasteiger partial charge on any atom is 0.0270 e. The summed E-state index contributed by atoms with van der Waals surface area (Å²) in [6, 6.07) is 5.01. The molecule has 2 saturated carbocycles. The molecule has 1 aromatic heterocycles. The Morgan fingerprint density at radius 1 is 1.21 bits per heavy atom. The minimum absolute atomic E-state index is 0.594. The van der Waals surface area contributed by atoms with Crippen molar-refractivity contribution in [2.45, 2.75) is 51.5 Å². The van der Waals surface area contributed by atoms with Crippen molar-refractivity contribution >= 4 is 0 Å². The molecule has 2 heteroatoms. The fraction of sp³-hybridized carbons (Fsp3) is 0.706. The quantitative estimate of drug-likeness (QED) is 0.843. The highest BCUT2D eigenvalue weighted by atomic mass is 14.9. The van der Waals surface area contributed by atoms with Gasteiger partial charge in [0.1, 0.15) is 0 Å². The van der Waals surface area contributed by atoms with E-state index in [1.165, 1.54) is 31.2 Å². The highest BCUT2D eigenvalue weighted by molar-refractivity contribution is 5.18. The van der Waals surface area contributed by atoms with Gasteiger partial charge in [-0.05, 0) is 73.6 Å². The van der Waals surface area contributed by atoms with E-state index in [2.05, 4.69) is 36.3 Å². The normalized spacial score (nSPS) is 31.8. The van der Waals surface area contributed by atoms with Gasteiger partial charge in [-0.3, -0.25) is 4.98 Å². The number of fused-ring (bicyclic) bond motifs is 1. The predicted octanol–water partition coefficient (Wildman–Crippen LogP) is 3.60. The second-order valence-corrected chi connectivity index (χ2v) is 6.54. The van der Waals surface area contributed by atoms with Crippen molar-refractivity contribution in [2.75, 3.05) is 6.54 Å². The molecule has 0 radical (unpaired) electrons. The first kappa shape index (κ1) is 13.1. The van der Waals surface area contributed by atoms with Crippen LogP contribution >= 0.6 is 0 Å². The molecule has 2 aliphatic carbocycles. The molecule has 0 aliphatic heterocycles. The number of nitrogens with zero attached hydrogens (tertiary/aromatic N) is 1. The molecular formula is C17H26N2. The van der Waals surface area contributed by atoms with Crippen molar-refractivity contribution in [3.63, 3.8) is 0 Å². The van der Waals surface area contributed by atoms with Gasteiger partial charge in [0.15, 0.2) is 0 Å². The molecule has 1 heterocycles. The van der Waals surface area contributed by atoms with Gasteiger partial charge in [-0.1, -0.05) is 13.8 Å². The summed E-state index contributed by atoms with van der Waals surface area (Å²) in [5, 5.41) is 3.83. The molecular weight excluding hydrogens is 232 g/mol. The minimum atomic E-state index is 0.594. The Balaban J connectivity index is 1.70. The van der Waals surface area contributed by atoms with Gasteiger partial charge in [0.2, 0.25) is 0 Å². The van der Waals surface area contributed by atoms with Crippen LogP contribution in [0, 0.1) is 17.8 Å². The average molecular weight is 258 g/mol. The van der Waals surface area contributed by atoms with E-state index >= 15 is 0 Å². The molecule has 2 fully saturated rings. The highest BCUT2D eigenvalue weighted by Gasteiger charge is 2.48. The lowest BCUT2D eigenvalue weighted by Crippen LogP contribution is -2.40. The third kappa shape index (κ3) is 2.84.